The Balaban J connectivity index is 2.55. The molecule has 0 spiro atoms. The minimum Gasteiger partial charge on any atom is -0.295 e. The predicted molar refractivity (Wildman–Crippen MR) is 50.8 cm³/mol. The number of carbonyl (C=O) groups is 1. The molecule has 1 aliphatic carbocycles. The zero-order valence-corrected chi connectivity index (χ0v) is 7.20. The van der Waals surface area contributed by atoms with E-state index in [1.54, 1.807) is 0 Å². The molecular weight excluding hydrogens is 148 g/mol. The molecule has 1 atom stereocenters. The second kappa shape index (κ2) is 4.70. The van der Waals surface area contributed by atoms with Gasteiger partial charge in [-0.25, -0.2) is 0 Å². The number of hydrogen-bond donors (Lipinski definition) is 0. The number of allylic oxidation sites excluding steroid dienone is 5. The van der Waals surface area contributed by atoms with Crippen molar-refractivity contribution in [1.82, 2.24) is 0 Å². The maximum absolute atomic E-state index is 11.3. The lowest BCUT2D eigenvalue weighted by molar-refractivity contribution is -0.118. The molecule has 0 fully saturated rings. The van der Waals surface area contributed by atoms with E-state index < -0.39 is 0 Å². The zero-order valence-electron chi connectivity index (χ0n) is 7.20. The Bertz CT molecular complexity index is 223. The summed E-state index contributed by atoms with van der Waals surface area (Å²) in [5.41, 5.74) is 0. The fraction of sp³-hybridized carbons (Fsp3) is 0.364. The fourth-order valence-corrected chi connectivity index (χ4v) is 1.34. The predicted octanol–water partition coefficient (Wildman–Crippen LogP) is 2.65. The van der Waals surface area contributed by atoms with Crippen LogP contribution >= 0.6 is 0 Å². The first-order valence-electron chi connectivity index (χ1n) is 4.32. The molecule has 0 aromatic rings. The van der Waals surface area contributed by atoms with Gasteiger partial charge in [0, 0.05) is 5.92 Å². The quantitative estimate of drug-likeness (QED) is 0.570. The molecule has 64 valence electrons. The molecular formula is C11H14O. The van der Waals surface area contributed by atoms with Crippen molar-refractivity contribution >= 4 is 5.78 Å². The Morgan fingerprint density at radius 1 is 1.42 bits per heavy atom. The number of hydrogen-bond acceptors (Lipinski definition) is 1. The van der Waals surface area contributed by atoms with Crippen molar-refractivity contribution < 1.29 is 4.79 Å². The summed E-state index contributed by atoms with van der Waals surface area (Å²) in [6.07, 6.45) is 12.4. The molecule has 0 heterocycles. The van der Waals surface area contributed by atoms with Gasteiger partial charge in [-0.1, -0.05) is 30.9 Å². The molecule has 0 amide bonds. The van der Waals surface area contributed by atoms with Crippen LogP contribution in [0, 0.1) is 5.92 Å². The van der Waals surface area contributed by atoms with Crippen LogP contribution in [-0.2, 0) is 4.79 Å². The van der Waals surface area contributed by atoms with Crippen molar-refractivity contribution in [3.8, 4) is 0 Å². The zero-order chi connectivity index (χ0) is 8.81. The summed E-state index contributed by atoms with van der Waals surface area (Å²) >= 11 is 0. The molecule has 0 aromatic heterocycles. The maximum atomic E-state index is 11.3. The van der Waals surface area contributed by atoms with Gasteiger partial charge >= 0.3 is 0 Å². The van der Waals surface area contributed by atoms with E-state index >= 15 is 0 Å². The maximum Gasteiger partial charge on any atom is 0.158 e. The van der Waals surface area contributed by atoms with Gasteiger partial charge in [-0.2, -0.15) is 0 Å². The van der Waals surface area contributed by atoms with Gasteiger partial charge in [-0.3, -0.25) is 4.79 Å². The van der Waals surface area contributed by atoms with Crippen LogP contribution in [0.2, 0.25) is 0 Å². The minimum atomic E-state index is 0.156. The summed E-state index contributed by atoms with van der Waals surface area (Å²) in [6, 6.07) is 0. The van der Waals surface area contributed by atoms with Crippen molar-refractivity contribution in [2.24, 2.45) is 5.92 Å². The van der Waals surface area contributed by atoms with Gasteiger partial charge in [0.1, 0.15) is 0 Å². The highest BCUT2D eigenvalue weighted by atomic mass is 16.1. The van der Waals surface area contributed by atoms with Gasteiger partial charge < -0.3 is 0 Å². The van der Waals surface area contributed by atoms with Crippen LogP contribution < -0.4 is 0 Å². The molecule has 0 N–H and O–H groups in total. The monoisotopic (exact) mass is 162 g/mol. The Morgan fingerprint density at radius 3 is 2.92 bits per heavy atom. The van der Waals surface area contributed by atoms with Crippen LogP contribution in [0.4, 0.5) is 0 Å². The first-order valence-corrected chi connectivity index (χ1v) is 4.32. The average Bonchev–Trinajstić information content (AvgIpc) is 2.02. The minimum absolute atomic E-state index is 0.156. The van der Waals surface area contributed by atoms with Crippen LogP contribution in [0.3, 0.4) is 0 Å². The van der Waals surface area contributed by atoms with E-state index in [1.165, 1.54) is 6.08 Å². The topological polar surface area (TPSA) is 17.1 Å². The van der Waals surface area contributed by atoms with Crippen molar-refractivity contribution in [2.45, 2.75) is 19.3 Å². The Hall–Kier alpha value is -1.11. The second-order valence-electron chi connectivity index (χ2n) is 2.97. The molecule has 0 aliphatic heterocycles. The standard InChI is InChI=1S/C11H14O/c1-2-11(12)10-8-6-4-3-5-7-9-10/h2-6,10H,1,7-9H2/b5-3-,6-4-. The van der Waals surface area contributed by atoms with Gasteiger partial charge in [-0.15, -0.1) is 0 Å². The Morgan fingerprint density at radius 2 is 2.17 bits per heavy atom. The third-order valence-corrected chi connectivity index (χ3v) is 2.09. The molecule has 0 saturated heterocycles. The smallest absolute Gasteiger partial charge is 0.158 e. The lowest BCUT2D eigenvalue weighted by Crippen LogP contribution is -2.10. The number of ketones is 1. The van der Waals surface area contributed by atoms with E-state index in [2.05, 4.69) is 12.7 Å². The Kier molecular flexibility index (Phi) is 3.52. The highest BCUT2D eigenvalue weighted by molar-refractivity contribution is 5.91. The summed E-state index contributed by atoms with van der Waals surface area (Å²) < 4.78 is 0. The molecule has 12 heavy (non-hydrogen) atoms. The van der Waals surface area contributed by atoms with Gasteiger partial charge in [0.15, 0.2) is 5.78 Å². The van der Waals surface area contributed by atoms with Gasteiger partial charge in [0.25, 0.3) is 0 Å². The first kappa shape index (κ1) is 8.98. The third kappa shape index (κ3) is 2.50. The second-order valence-corrected chi connectivity index (χ2v) is 2.97. The summed E-state index contributed by atoms with van der Waals surface area (Å²) in [5, 5.41) is 0. The molecule has 1 heteroatoms. The molecule has 1 aliphatic rings. The number of rotatable bonds is 2. The SMILES string of the molecule is C=CC(=O)C1C/C=C\C=C/CC1. The first-order chi connectivity index (χ1) is 5.84. The molecule has 0 bridgehead atoms. The average molecular weight is 162 g/mol. The van der Waals surface area contributed by atoms with E-state index in [0.29, 0.717) is 0 Å². The van der Waals surface area contributed by atoms with E-state index in [4.69, 9.17) is 0 Å². The van der Waals surface area contributed by atoms with Crippen molar-refractivity contribution in [2.75, 3.05) is 0 Å². The lowest BCUT2D eigenvalue weighted by atomic mass is 9.93. The summed E-state index contributed by atoms with van der Waals surface area (Å²) in [6.45, 7) is 3.50. The fourth-order valence-electron chi connectivity index (χ4n) is 1.34. The van der Waals surface area contributed by atoms with Crippen LogP contribution in [-0.4, -0.2) is 5.78 Å². The highest BCUT2D eigenvalue weighted by Crippen LogP contribution is 2.16. The van der Waals surface area contributed by atoms with Gasteiger partial charge in [-0.05, 0) is 25.3 Å². The largest absolute Gasteiger partial charge is 0.295 e. The van der Waals surface area contributed by atoms with Crippen LogP contribution in [0.5, 0.6) is 0 Å². The van der Waals surface area contributed by atoms with Crippen LogP contribution in [0.15, 0.2) is 37.0 Å². The Labute approximate surface area is 73.5 Å². The molecule has 1 unspecified atom stereocenters. The number of carbonyl (C=O) groups excluding carboxylic acids is 1. The molecule has 0 saturated carbocycles. The molecule has 0 radical (unpaired) electrons. The van der Waals surface area contributed by atoms with Crippen LogP contribution in [0.1, 0.15) is 19.3 Å². The van der Waals surface area contributed by atoms with E-state index in [9.17, 15) is 4.79 Å². The summed E-state index contributed by atoms with van der Waals surface area (Å²) in [7, 11) is 0. The third-order valence-electron chi connectivity index (χ3n) is 2.09. The highest BCUT2D eigenvalue weighted by Gasteiger charge is 2.13. The van der Waals surface area contributed by atoms with E-state index in [0.717, 1.165) is 19.3 Å². The van der Waals surface area contributed by atoms with Crippen LogP contribution in [0.25, 0.3) is 0 Å². The van der Waals surface area contributed by atoms with Gasteiger partial charge in [0.05, 0.1) is 0 Å². The van der Waals surface area contributed by atoms with Crippen molar-refractivity contribution in [1.29, 1.82) is 0 Å². The van der Waals surface area contributed by atoms with E-state index in [-0.39, 0.29) is 11.7 Å². The normalized spacial score (nSPS) is 28.2. The van der Waals surface area contributed by atoms with Crippen molar-refractivity contribution in [3.05, 3.63) is 37.0 Å². The van der Waals surface area contributed by atoms with E-state index in [1.807, 2.05) is 18.2 Å². The van der Waals surface area contributed by atoms with Gasteiger partial charge in [0.2, 0.25) is 0 Å². The summed E-state index contributed by atoms with van der Waals surface area (Å²) in [5.74, 6) is 0.332. The van der Waals surface area contributed by atoms with Crippen molar-refractivity contribution in [3.63, 3.8) is 0 Å². The molecule has 0 aromatic carbocycles. The molecule has 1 rings (SSSR count). The lowest BCUT2D eigenvalue weighted by Gasteiger charge is -2.10. The summed E-state index contributed by atoms with van der Waals surface area (Å²) in [4.78, 5) is 11.3. The molecule has 1 nitrogen and oxygen atoms in total.